The van der Waals surface area contributed by atoms with Crippen molar-refractivity contribution in [1.82, 2.24) is 15.3 Å². The van der Waals surface area contributed by atoms with Crippen LogP contribution in [-0.4, -0.2) is 15.1 Å². The number of halogens is 2. The lowest BCUT2D eigenvalue weighted by atomic mass is 10.2. The van der Waals surface area contributed by atoms with Gasteiger partial charge in [0, 0.05) is 18.9 Å². The summed E-state index contributed by atoms with van der Waals surface area (Å²) in [6.07, 6.45) is 3.54. The highest BCUT2D eigenvalue weighted by molar-refractivity contribution is 9.11. The average molecular weight is 375 g/mol. The molecule has 18 heavy (non-hydrogen) atoms. The van der Waals surface area contributed by atoms with Gasteiger partial charge in [0.25, 0.3) is 0 Å². The van der Waals surface area contributed by atoms with Crippen molar-refractivity contribution in [2.75, 3.05) is 0 Å². The number of aromatic hydroxyl groups is 1. The molecule has 2 rings (SSSR count). The molecule has 1 atom stereocenters. The smallest absolute Gasteiger partial charge is 0.143 e. The van der Waals surface area contributed by atoms with Gasteiger partial charge < -0.3 is 15.4 Å². The zero-order chi connectivity index (χ0) is 13.1. The van der Waals surface area contributed by atoms with Gasteiger partial charge in [-0.15, -0.1) is 0 Å². The zero-order valence-electron chi connectivity index (χ0n) is 9.74. The van der Waals surface area contributed by atoms with E-state index in [0.717, 1.165) is 11.4 Å². The van der Waals surface area contributed by atoms with Gasteiger partial charge >= 0.3 is 0 Å². The minimum atomic E-state index is 0.145. The third kappa shape index (κ3) is 3.13. The van der Waals surface area contributed by atoms with Crippen LogP contribution in [0.3, 0.4) is 0 Å². The third-order valence-corrected chi connectivity index (χ3v) is 3.83. The van der Waals surface area contributed by atoms with Crippen molar-refractivity contribution in [2.45, 2.75) is 19.5 Å². The lowest BCUT2D eigenvalue weighted by molar-refractivity contribution is 0.467. The van der Waals surface area contributed by atoms with Crippen LogP contribution in [0.4, 0.5) is 0 Å². The quantitative estimate of drug-likeness (QED) is 0.767. The van der Waals surface area contributed by atoms with E-state index in [4.69, 9.17) is 0 Å². The molecule has 0 aliphatic rings. The van der Waals surface area contributed by atoms with Gasteiger partial charge in [-0.1, -0.05) is 0 Å². The number of imidazole rings is 1. The lowest BCUT2D eigenvalue weighted by Crippen LogP contribution is -2.19. The number of hydrogen-bond acceptors (Lipinski definition) is 3. The normalized spacial score (nSPS) is 12.6. The Labute approximate surface area is 122 Å². The number of phenols is 1. The van der Waals surface area contributed by atoms with Crippen molar-refractivity contribution >= 4 is 31.9 Å². The van der Waals surface area contributed by atoms with E-state index in [9.17, 15) is 5.11 Å². The third-order valence-electron chi connectivity index (χ3n) is 2.62. The van der Waals surface area contributed by atoms with E-state index >= 15 is 0 Å². The molecule has 0 aliphatic carbocycles. The Kier molecular flexibility index (Phi) is 4.42. The average Bonchev–Trinajstić information content (AvgIpc) is 2.86. The first-order valence-electron chi connectivity index (χ1n) is 5.47. The highest BCUT2D eigenvalue weighted by atomic mass is 79.9. The van der Waals surface area contributed by atoms with Crippen LogP contribution in [0.2, 0.25) is 0 Å². The number of nitrogens with one attached hydrogen (secondary N) is 2. The largest absolute Gasteiger partial charge is 0.506 e. The molecule has 1 heterocycles. The summed E-state index contributed by atoms with van der Waals surface area (Å²) in [7, 11) is 0. The topological polar surface area (TPSA) is 60.9 Å². The standard InChI is InChI=1S/C12H13Br2N3O/c1-7(12-15-2-3-16-12)17-6-8-4-9(13)11(18)10(14)5-8/h2-5,7,17-18H,6H2,1H3,(H,15,16). The highest BCUT2D eigenvalue weighted by Gasteiger charge is 2.09. The number of hydrogen-bond donors (Lipinski definition) is 3. The van der Waals surface area contributed by atoms with Crippen LogP contribution >= 0.6 is 31.9 Å². The maximum atomic E-state index is 9.63. The molecule has 1 aromatic carbocycles. The fourth-order valence-electron chi connectivity index (χ4n) is 1.60. The predicted octanol–water partition coefficient (Wildman–Crippen LogP) is 3.49. The number of phenolic OH excluding ortho intramolecular Hbond substituents is 1. The molecule has 6 heteroatoms. The Hall–Kier alpha value is -0.850. The van der Waals surface area contributed by atoms with E-state index in [1.165, 1.54) is 0 Å². The highest BCUT2D eigenvalue weighted by Crippen LogP contribution is 2.33. The van der Waals surface area contributed by atoms with Crippen LogP contribution in [0.5, 0.6) is 5.75 Å². The van der Waals surface area contributed by atoms with Crippen LogP contribution in [0.1, 0.15) is 24.4 Å². The first-order valence-corrected chi connectivity index (χ1v) is 7.06. The van der Waals surface area contributed by atoms with E-state index < -0.39 is 0 Å². The first kappa shape index (κ1) is 13.6. The SMILES string of the molecule is CC(NCc1cc(Br)c(O)c(Br)c1)c1ncc[nH]1. The van der Waals surface area contributed by atoms with Crippen LogP contribution in [0, 0.1) is 0 Å². The Morgan fingerprint density at radius 3 is 2.61 bits per heavy atom. The molecule has 0 radical (unpaired) electrons. The van der Waals surface area contributed by atoms with Gasteiger partial charge in [0.05, 0.1) is 15.0 Å². The van der Waals surface area contributed by atoms with Crippen molar-refractivity contribution in [2.24, 2.45) is 0 Å². The van der Waals surface area contributed by atoms with Gasteiger partial charge in [-0.2, -0.15) is 0 Å². The molecule has 0 amide bonds. The van der Waals surface area contributed by atoms with Gasteiger partial charge in [-0.25, -0.2) is 4.98 Å². The molecule has 3 N–H and O–H groups in total. The summed E-state index contributed by atoms with van der Waals surface area (Å²) in [4.78, 5) is 7.27. The number of rotatable bonds is 4. The molecule has 0 aliphatic heterocycles. The van der Waals surface area contributed by atoms with Crippen molar-refractivity contribution < 1.29 is 5.11 Å². The van der Waals surface area contributed by atoms with Crippen molar-refractivity contribution in [3.8, 4) is 5.75 Å². The van der Waals surface area contributed by atoms with Crippen molar-refractivity contribution in [1.29, 1.82) is 0 Å². The maximum absolute atomic E-state index is 9.63. The molecule has 1 aromatic heterocycles. The van der Waals surface area contributed by atoms with Crippen LogP contribution in [-0.2, 0) is 6.54 Å². The second-order valence-electron chi connectivity index (χ2n) is 3.99. The first-order chi connectivity index (χ1) is 8.58. The zero-order valence-corrected chi connectivity index (χ0v) is 12.9. The van der Waals surface area contributed by atoms with Crippen molar-refractivity contribution in [3.63, 3.8) is 0 Å². The van der Waals surface area contributed by atoms with Gasteiger partial charge in [0.2, 0.25) is 0 Å². The predicted molar refractivity (Wildman–Crippen MR) is 77.3 cm³/mol. The molecule has 0 bridgehead atoms. The van der Waals surface area contributed by atoms with Gasteiger partial charge in [0.1, 0.15) is 11.6 Å². The van der Waals surface area contributed by atoms with Crippen LogP contribution in [0.15, 0.2) is 33.5 Å². The van der Waals surface area contributed by atoms with Gasteiger partial charge in [-0.05, 0) is 56.5 Å². The van der Waals surface area contributed by atoms with Gasteiger partial charge in [0.15, 0.2) is 0 Å². The number of aromatic amines is 1. The Morgan fingerprint density at radius 1 is 1.39 bits per heavy atom. The van der Waals surface area contributed by atoms with E-state index in [1.54, 1.807) is 12.4 Å². The molecule has 2 aromatic rings. The summed E-state index contributed by atoms with van der Waals surface area (Å²) in [5.41, 5.74) is 1.07. The number of nitrogens with zero attached hydrogens (tertiary/aromatic N) is 1. The molecular weight excluding hydrogens is 362 g/mol. The van der Waals surface area contributed by atoms with E-state index in [-0.39, 0.29) is 11.8 Å². The molecule has 96 valence electrons. The van der Waals surface area contributed by atoms with E-state index in [2.05, 4.69) is 47.1 Å². The second-order valence-corrected chi connectivity index (χ2v) is 5.69. The lowest BCUT2D eigenvalue weighted by Gasteiger charge is -2.12. The molecule has 0 spiro atoms. The molecule has 0 fully saturated rings. The van der Waals surface area contributed by atoms with E-state index in [0.29, 0.717) is 15.5 Å². The van der Waals surface area contributed by atoms with E-state index in [1.807, 2.05) is 19.1 Å². The second kappa shape index (κ2) is 5.86. The monoisotopic (exact) mass is 373 g/mol. The fraction of sp³-hybridized carbons (Fsp3) is 0.250. The summed E-state index contributed by atoms with van der Waals surface area (Å²) < 4.78 is 1.36. The summed E-state index contributed by atoms with van der Waals surface area (Å²) in [6.45, 7) is 2.74. The summed E-state index contributed by atoms with van der Waals surface area (Å²) >= 11 is 6.63. The summed E-state index contributed by atoms with van der Waals surface area (Å²) in [5, 5.41) is 13.0. The fourth-order valence-corrected chi connectivity index (χ4v) is 2.88. The molecular formula is C12H13Br2N3O. The number of H-pyrrole nitrogens is 1. The molecule has 0 saturated carbocycles. The van der Waals surface area contributed by atoms with Crippen LogP contribution in [0.25, 0.3) is 0 Å². The van der Waals surface area contributed by atoms with Crippen LogP contribution < -0.4 is 5.32 Å². The number of aromatic nitrogens is 2. The van der Waals surface area contributed by atoms with Gasteiger partial charge in [-0.3, -0.25) is 0 Å². The minimum Gasteiger partial charge on any atom is -0.506 e. The maximum Gasteiger partial charge on any atom is 0.143 e. The Balaban J connectivity index is 2.02. The molecule has 1 unspecified atom stereocenters. The Morgan fingerprint density at radius 2 is 2.06 bits per heavy atom. The summed E-state index contributed by atoms with van der Waals surface area (Å²) in [5.74, 6) is 1.13. The molecule has 0 saturated heterocycles. The molecule has 4 nitrogen and oxygen atoms in total. The minimum absolute atomic E-state index is 0.145. The number of benzene rings is 1. The van der Waals surface area contributed by atoms with Crippen molar-refractivity contribution in [3.05, 3.63) is 44.9 Å². The Bertz CT molecular complexity index is 505. The summed E-state index contributed by atoms with van der Waals surface area (Å²) in [6, 6.07) is 3.93.